The van der Waals surface area contributed by atoms with Gasteiger partial charge in [-0.2, -0.15) is 18.3 Å². The third-order valence-corrected chi connectivity index (χ3v) is 2.62. The van der Waals surface area contributed by atoms with Gasteiger partial charge in [-0.15, -0.1) is 0 Å². The minimum Gasteiger partial charge on any atom is -0.384 e. The van der Waals surface area contributed by atoms with Crippen molar-refractivity contribution in [1.82, 2.24) is 9.78 Å². The van der Waals surface area contributed by atoms with Crippen molar-refractivity contribution in [3.63, 3.8) is 0 Å². The number of hydrogen-bond acceptors (Lipinski definition) is 3. The number of hydrogen-bond donors (Lipinski definition) is 1. The lowest BCUT2D eigenvalue weighted by molar-refractivity contribution is -0.206. The molecule has 1 aromatic heterocycles. The van der Waals surface area contributed by atoms with Gasteiger partial charge in [0.15, 0.2) is 11.9 Å². The van der Waals surface area contributed by atoms with E-state index in [1.54, 1.807) is 20.8 Å². The maximum atomic E-state index is 12.2. The Morgan fingerprint density at radius 3 is 2.47 bits per heavy atom. The van der Waals surface area contributed by atoms with E-state index in [4.69, 9.17) is 5.11 Å². The summed E-state index contributed by atoms with van der Waals surface area (Å²) in [5.41, 5.74) is -0.387. The van der Waals surface area contributed by atoms with E-state index in [1.165, 1.54) is 16.9 Å². The lowest BCUT2D eigenvalue weighted by Crippen LogP contribution is -2.30. The van der Waals surface area contributed by atoms with Gasteiger partial charge >= 0.3 is 6.18 Å². The molecule has 7 heteroatoms. The average Bonchev–Trinajstić information content (AvgIpc) is 2.69. The molecule has 1 aromatic rings. The van der Waals surface area contributed by atoms with Crippen molar-refractivity contribution in [1.29, 1.82) is 0 Å². The largest absolute Gasteiger partial charge is 0.414 e. The highest BCUT2D eigenvalue weighted by Gasteiger charge is 2.38. The number of nitrogens with zero attached hydrogens (tertiary/aromatic N) is 2. The molecule has 4 nitrogen and oxygen atoms in total. The van der Waals surface area contributed by atoms with Gasteiger partial charge in [0.05, 0.1) is 0 Å². The molecule has 0 saturated carbocycles. The molecule has 0 saturated heterocycles. The molecule has 1 rings (SSSR count). The van der Waals surface area contributed by atoms with Crippen LogP contribution in [0.5, 0.6) is 0 Å². The molecule has 0 bridgehead atoms. The van der Waals surface area contributed by atoms with E-state index >= 15 is 0 Å². The number of aliphatic hydroxyl groups is 1. The highest BCUT2D eigenvalue weighted by Crippen LogP contribution is 2.24. The van der Waals surface area contributed by atoms with Gasteiger partial charge in [-0.3, -0.25) is 9.48 Å². The smallest absolute Gasteiger partial charge is 0.384 e. The Labute approximate surface area is 109 Å². The minimum atomic E-state index is -4.65. The monoisotopic (exact) mass is 278 g/mol. The van der Waals surface area contributed by atoms with Crippen LogP contribution in [0.3, 0.4) is 0 Å². The Balaban J connectivity index is 2.77. The first-order valence-electron chi connectivity index (χ1n) is 5.85. The predicted molar refractivity (Wildman–Crippen MR) is 62.7 cm³/mol. The topological polar surface area (TPSA) is 55.1 Å². The number of aryl methyl sites for hydroxylation is 1. The van der Waals surface area contributed by atoms with Crippen LogP contribution in [0.15, 0.2) is 12.3 Å². The Hall–Kier alpha value is -1.37. The number of aromatic nitrogens is 2. The Morgan fingerprint density at radius 2 is 2.00 bits per heavy atom. The lowest BCUT2D eigenvalue weighted by atomic mass is 9.89. The van der Waals surface area contributed by atoms with E-state index in [-0.39, 0.29) is 18.0 Å². The van der Waals surface area contributed by atoms with Gasteiger partial charge in [-0.05, 0) is 6.07 Å². The van der Waals surface area contributed by atoms with E-state index in [2.05, 4.69) is 5.10 Å². The maximum absolute atomic E-state index is 12.2. The number of ketones is 1. The molecule has 0 aliphatic rings. The molecule has 1 N–H and O–H groups in total. The molecule has 0 amide bonds. The predicted octanol–water partition coefficient (Wildman–Crippen LogP) is 2.43. The van der Waals surface area contributed by atoms with Gasteiger partial charge in [0.25, 0.3) is 0 Å². The number of Topliss-reactive ketones (excluding diaryl/α,β-unsaturated/α-hetero) is 1. The molecule has 1 unspecified atom stereocenters. The fraction of sp³-hybridized carbons (Fsp3) is 0.667. The zero-order valence-corrected chi connectivity index (χ0v) is 11.0. The Morgan fingerprint density at radius 1 is 1.42 bits per heavy atom. The zero-order chi connectivity index (χ0) is 14.8. The average molecular weight is 278 g/mol. The summed E-state index contributed by atoms with van der Waals surface area (Å²) in [4.78, 5) is 12.0. The summed E-state index contributed by atoms with van der Waals surface area (Å²) in [7, 11) is 0. The first-order chi connectivity index (χ1) is 8.53. The third-order valence-electron chi connectivity index (χ3n) is 2.62. The van der Waals surface area contributed by atoms with Gasteiger partial charge < -0.3 is 5.11 Å². The van der Waals surface area contributed by atoms with Crippen molar-refractivity contribution in [2.24, 2.45) is 5.41 Å². The minimum absolute atomic E-state index is 0.162. The van der Waals surface area contributed by atoms with E-state index in [1.807, 2.05) is 0 Å². The summed E-state index contributed by atoms with van der Waals surface area (Å²) in [5, 5.41) is 12.7. The van der Waals surface area contributed by atoms with Crippen molar-refractivity contribution in [2.75, 3.05) is 0 Å². The molecule has 0 fully saturated rings. The highest BCUT2D eigenvalue weighted by molar-refractivity contribution is 5.98. The van der Waals surface area contributed by atoms with Crippen LogP contribution < -0.4 is 0 Å². The molecule has 0 aromatic carbocycles. The second-order valence-electron chi connectivity index (χ2n) is 5.36. The van der Waals surface area contributed by atoms with Crippen LogP contribution >= 0.6 is 0 Å². The van der Waals surface area contributed by atoms with E-state index < -0.39 is 24.1 Å². The number of carbonyl (C=O) groups excluding carboxylic acids is 1. The van der Waals surface area contributed by atoms with Crippen LogP contribution in [-0.2, 0) is 6.54 Å². The SMILES string of the molecule is CC(C)(C)C(=O)c1ccnn1CCC(O)C(F)(F)F. The van der Waals surface area contributed by atoms with Crippen LogP contribution in [-0.4, -0.2) is 33.0 Å². The third kappa shape index (κ3) is 4.05. The molecule has 1 atom stereocenters. The van der Waals surface area contributed by atoms with Gasteiger partial charge in [0.2, 0.25) is 0 Å². The van der Waals surface area contributed by atoms with Crippen molar-refractivity contribution in [3.05, 3.63) is 18.0 Å². The second-order valence-corrected chi connectivity index (χ2v) is 5.36. The van der Waals surface area contributed by atoms with Gasteiger partial charge in [-0.1, -0.05) is 20.8 Å². The second kappa shape index (κ2) is 5.32. The molecule has 108 valence electrons. The molecular weight excluding hydrogens is 261 g/mol. The van der Waals surface area contributed by atoms with Crippen molar-refractivity contribution in [2.45, 2.75) is 46.0 Å². The van der Waals surface area contributed by atoms with Crippen molar-refractivity contribution >= 4 is 5.78 Å². The Bertz CT molecular complexity index is 447. The number of carbonyl (C=O) groups is 1. The highest BCUT2D eigenvalue weighted by atomic mass is 19.4. The molecule has 0 radical (unpaired) electrons. The van der Waals surface area contributed by atoms with Crippen LogP contribution in [0.2, 0.25) is 0 Å². The summed E-state index contributed by atoms with van der Waals surface area (Å²) in [6.45, 7) is 5.00. The summed E-state index contributed by atoms with van der Waals surface area (Å²) >= 11 is 0. The normalized spacial score (nSPS) is 14.5. The summed E-state index contributed by atoms with van der Waals surface area (Å²) in [6, 6.07) is 1.47. The summed E-state index contributed by atoms with van der Waals surface area (Å²) in [6.07, 6.45) is -6.23. The molecule has 1 heterocycles. The van der Waals surface area contributed by atoms with Gasteiger partial charge in [-0.25, -0.2) is 0 Å². The molecule has 0 aliphatic carbocycles. The lowest BCUT2D eigenvalue weighted by Gasteiger charge is -2.18. The number of halogens is 3. The van der Waals surface area contributed by atoms with Crippen LogP contribution in [0.25, 0.3) is 0 Å². The van der Waals surface area contributed by atoms with E-state index in [9.17, 15) is 18.0 Å². The molecule has 0 spiro atoms. The number of rotatable bonds is 4. The zero-order valence-electron chi connectivity index (χ0n) is 11.0. The van der Waals surface area contributed by atoms with Crippen LogP contribution in [0.1, 0.15) is 37.7 Å². The first-order valence-corrected chi connectivity index (χ1v) is 5.85. The summed E-state index contributed by atoms with van der Waals surface area (Å²) in [5.74, 6) is -0.202. The standard InChI is InChI=1S/C12H17F3N2O2/c1-11(2,3)10(19)8-4-6-16-17(8)7-5-9(18)12(13,14)15/h4,6,9,18H,5,7H2,1-3H3. The van der Waals surface area contributed by atoms with E-state index in [0.29, 0.717) is 0 Å². The number of alkyl halides is 3. The van der Waals surface area contributed by atoms with Crippen LogP contribution in [0, 0.1) is 5.41 Å². The molecule has 0 aliphatic heterocycles. The van der Waals surface area contributed by atoms with E-state index in [0.717, 1.165) is 0 Å². The van der Waals surface area contributed by atoms with Gasteiger partial charge in [0.1, 0.15) is 5.69 Å². The fourth-order valence-corrected chi connectivity index (χ4v) is 1.50. The van der Waals surface area contributed by atoms with Crippen molar-refractivity contribution in [3.8, 4) is 0 Å². The van der Waals surface area contributed by atoms with Gasteiger partial charge in [0, 0.05) is 24.6 Å². The molecular formula is C12H17F3N2O2. The number of aliphatic hydroxyl groups excluding tert-OH is 1. The summed E-state index contributed by atoms with van der Waals surface area (Å²) < 4.78 is 37.7. The van der Waals surface area contributed by atoms with Crippen molar-refractivity contribution < 1.29 is 23.1 Å². The molecule has 19 heavy (non-hydrogen) atoms. The quantitative estimate of drug-likeness (QED) is 0.861. The Kier molecular flexibility index (Phi) is 4.39. The fourth-order valence-electron chi connectivity index (χ4n) is 1.50. The maximum Gasteiger partial charge on any atom is 0.414 e. The van der Waals surface area contributed by atoms with Crippen LogP contribution in [0.4, 0.5) is 13.2 Å². The first kappa shape index (κ1) is 15.7.